The monoisotopic (exact) mass is 224 g/mol. The van der Waals surface area contributed by atoms with Crippen molar-refractivity contribution in [2.24, 2.45) is 11.1 Å². The second-order valence-electron chi connectivity index (χ2n) is 4.96. The molecule has 0 unspecified atom stereocenters. The van der Waals surface area contributed by atoms with E-state index in [9.17, 15) is 4.79 Å². The average molecular weight is 224 g/mol. The lowest BCUT2D eigenvalue weighted by atomic mass is 9.87. The van der Waals surface area contributed by atoms with Crippen molar-refractivity contribution in [3.8, 4) is 0 Å². The van der Waals surface area contributed by atoms with Crippen LogP contribution in [0.3, 0.4) is 0 Å². The number of nitrogens with zero attached hydrogens (tertiary/aromatic N) is 1. The molecule has 0 aliphatic rings. The molecule has 0 bridgehead atoms. The summed E-state index contributed by atoms with van der Waals surface area (Å²) in [5.74, 6) is 0.457. The molecule has 1 aromatic heterocycles. The van der Waals surface area contributed by atoms with Crippen molar-refractivity contribution in [1.29, 1.82) is 0 Å². The molecule has 16 heavy (non-hydrogen) atoms. The molecule has 5 heteroatoms. The van der Waals surface area contributed by atoms with E-state index in [0.29, 0.717) is 5.82 Å². The zero-order valence-corrected chi connectivity index (χ0v) is 10.3. The first-order chi connectivity index (χ1) is 7.36. The van der Waals surface area contributed by atoms with Gasteiger partial charge in [-0.05, 0) is 11.8 Å². The molecule has 5 nitrogen and oxygen atoms in total. The number of aromatic nitrogens is 2. The van der Waals surface area contributed by atoms with E-state index in [1.54, 1.807) is 6.20 Å². The van der Waals surface area contributed by atoms with Crippen LogP contribution < -0.4 is 11.1 Å². The van der Waals surface area contributed by atoms with Gasteiger partial charge in [0.15, 0.2) is 0 Å². The summed E-state index contributed by atoms with van der Waals surface area (Å²) in [7, 11) is 0. The van der Waals surface area contributed by atoms with Crippen LogP contribution in [0.5, 0.6) is 0 Å². The van der Waals surface area contributed by atoms with Crippen molar-refractivity contribution in [2.45, 2.75) is 40.2 Å². The van der Waals surface area contributed by atoms with Gasteiger partial charge in [-0.3, -0.25) is 9.89 Å². The second kappa shape index (κ2) is 4.65. The highest BCUT2D eigenvalue weighted by Crippen LogP contribution is 2.19. The Morgan fingerprint density at radius 1 is 1.62 bits per heavy atom. The smallest absolute Gasteiger partial charge is 0.242 e. The maximum Gasteiger partial charge on any atom is 0.242 e. The summed E-state index contributed by atoms with van der Waals surface area (Å²) >= 11 is 0. The highest BCUT2D eigenvalue weighted by Gasteiger charge is 2.27. The van der Waals surface area contributed by atoms with Gasteiger partial charge < -0.3 is 11.1 Å². The molecule has 0 radical (unpaired) electrons. The minimum Gasteiger partial charge on any atom is -0.319 e. The number of nitrogens with two attached hydrogens (primary N) is 1. The number of carbonyl (C=O) groups is 1. The topological polar surface area (TPSA) is 83.8 Å². The Morgan fingerprint density at radius 2 is 2.25 bits per heavy atom. The summed E-state index contributed by atoms with van der Waals surface area (Å²) in [6.45, 7) is 7.81. The Hall–Kier alpha value is -1.36. The highest BCUT2D eigenvalue weighted by molar-refractivity contribution is 5.94. The van der Waals surface area contributed by atoms with E-state index in [-0.39, 0.29) is 11.3 Å². The van der Waals surface area contributed by atoms with Crippen molar-refractivity contribution < 1.29 is 4.79 Å². The van der Waals surface area contributed by atoms with E-state index in [1.165, 1.54) is 0 Å². The number of aromatic amines is 1. The minimum absolute atomic E-state index is 0.188. The number of H-pyrrole nitrogens is 1. The minimum atomic E-state index is -0.541. The van der Waals surface area contributed by atoms with Gasteiger partial charge in [-0.2, -0.15) is 5.10 Å². The number of nitrogens with one attached hydrogen (secondary N) is 2. The van der Waals surface area contributed by atoms with Crippen LogP contribution in [0.25, 0.3) is 0 Å². The van der Waals surface area contributed by atoms with E-state index in [4.69, 9.17) is 5.73 Å². The van der Waals surface area contributed by atoms with Gasteiger partial charge in [0.2, 0.25) is 5.91 Å². The zero-order valence-electron chi connectivity index (χ0n) is 10.3. The Balaban J connectivity index is 2.72. The number of anilines is 1. The van der Waals surface area contributed by atoms with Crippen LogP contribution in [0.1, 0.15) is 33.3 Å². The van der Waals surface area contributed by atoms with Crippen molar-refractivity contribution >= 4 is 11.7 Å². The third kappa shape index (κ3) is 2.82. The van der Waals surface area contributed by atoms with Crippen LogP contribution in [-0.2, 0) is 11.2 Å². The molecule has 0 aliphatic heterocycles. The molecule has 0 saturated heterocycles. The molecule has 0 aromatic carbocycles. The number of hydrogen-bond donors (Lipinski definition) is 3. The number of carbonyl (C=O) groups excluding carboxylic acids is 1. The lowest BCUT2D eigenvalue weighted by molar-refractivity contribution is -0.119. The van der Waals surface area contributed by atoms with Gasteiger partial charge in [-0.1, -0.05) is 27.7 Å². The molecule has 0 fully saturated rings. The second-order valence-corrected chi connectivity index (χ2v) is 4.96. The average Bonchev–Trinajstić information content (AvgIpc) is 2.62. The maximum absolute atomic E-state index is 11.8. The fourth-order valence-electron chi connectivity index (χ4n) is 1.28. The molecular formula is C11H20N4O. The van der Waals surface area contributed by atoms with Gasteiger partial charge in [0.1, 0.15) is 5.82 Å². The molecule has 4 N–H and O–H groups in total. The van der Waals surface area contributed by atoms with Crippen LogP contribution in [-0.4, -0.2) is 22.1 Å². The fourth-order valence-corrected chi connectivity index (χ4v) is 1.28. The van der Waals surface area contributed by atoms with Gasteiger partial charge >= 0.3 is 0 Å². The first kappa shape index (κ1) is 12.7. The van der Waals surface area contributed by atoms with Gasteiger partial charge in [0, 0.05) is 5.56 Å². The maximum atomic E-state index is 11.8. The summed E-state index contributed by atoms with van der Waals surface area (Å²) in [6, 6.07) is -0.541. The summed E-state index contributed by atoms with van der Waals surface area (Å²) in [5.41, 5.74) is 6.58. The van der Waals surface area contributed by atoms with Gasteiger partial charge in [0.05, 0.1) is 12.2 Å². The molecule has 1 rings (SSSR count). The van der Waals surface area contributed by atoms with Crippen molar-refractivity contribution in [2.75, 3.05) is 5.32 Å². The van der Waals surface area contributed by atoms with Gasteiger partial charge in [-0.25, -0.2) is 0 Å². The Labute approximate surface area is 95.8 Å². The van der Waals surface area contributed by atoms with Crippen LogP contribution in [0.4, 0.5) is 5.82 Å². The predicted octanol–water partition coefficient (Wildman–Crippen LogP) is 1.28. The van der Waals surface area contributed by atoms with Gasteiger partial charge in [0.25, 0.3) is 0 Å². The molecular weight excluding hydrogens is 204 g/mol. The molecule has 1 aromatic rings. The van der Waals surface area contributed by atoms with Crippen LogP contribution in [0, 0.1) is 5.41 Å². The quantitative estimate of drug-likeness (QED) is 0.723. The predicted molar refractivity (Wildman–Crippen MR) is 64.0 cm³/mol. The number of hydrogen-bond acceptors (Lipinski definition) is 3. The van der Waals surface area contributed by atoms with Crippen LogP contribution >= 0.6 is 0 Å². The van der Waals surface area contributed by atoms with Crippen molar-refractivity contribution in [3.05, 3.63) is 11.8 Å². The van der Waals surface area contributed by atoms with E-state index in [2.05, 4.69) is 15.5 Å². The molecule has 1 atom stereocenters. The van der Waals surface area contributed by atoms with Crippen LogP contribution in [0.2, 0.25) is 0 Å². The summed E-state index contributed by atoms with van der Waals surface area (Å²) < 4.78 is 0. The Bertz CT molecular complexity index is 364. The van der Waals surface area contributed by atoms with E-state index < -0.39 is 6.04 Å². The molecule has 90 valence electrons. The molecule has 0 saturated carbocycles. The fraction of sp³-hybridized carbons (Fsp3) is 0.636. The van der Waals surface area contributed by atoms with E-state index in [1.807, 2.05) is 27.7 Å². The number of aryl methyl sites for hydroxylation is 1. The molecule has 0 spiro atoms. The zero-order chi connectivity index (χ0) is 12.3. The third-order valence-corrected chi connectivity index (χ3v) is 2.56. The Morgan fingerprint density at radius 3 is 2.75 bits per heavy atom. The SMILES string of the molecule is CCc1cn[nH]c1NC(=O)[C@H](N)C(C)(C)C. The third-order valence-electron chi connectivity index (χ3n) is 2.56. The summed E-state index contributed by atoms with van der Waals surface area (Å²) in [4.78, 5) is 11.8. The summed E-state index contributed by atoms with van der Waals surface area (Å²) in [5, 5.41) is 9.41. The lowest BCUT2D eigenvalue weighted by Gasteiger charge is -2.25. The largest absolute Gasteiger partial charge is 0.319 e. The normalized spacial score (nSPS) is 13.6. The van der Waals surface area contributed by atoms with Crippen molar-refractivity contribution in [3.63, 3.8) is 0 Å². The Kier molecular flexibility index (Phi) is 3.70. The standard InChI is InChI=1S/C11H20N4O/c1-5-7-6-13-15-9(7)14-10(16)8(12)11(2,3)4/h6,8H,5,12H2,1-4H3,(H2,13,14,15,16)/t8-/m0/s1. The number of amides is 1. The molecule has 0 aliphatic carbocycles. The summed E-state index contributed by atoms with van der Waals surface area (Å²) in [6.07, 6.45) is 2.52. The lowest BCUT2D eigenvalue weighted by Crippen LogP contribution is -2.45. The van der Waals surface area contributed by atoms with E-state index in [0.717, 1.165) is 12.0 Å². The number of rotatable bonds is 3. The molecule has 1 heterocycles. The van der Waals surface area contributed by atoms with Gasteiger partial charge in [-0.15, -0.1) is 0 Å². The molecule has 1 amide bonds. The first-order valence-corrected chi connectivity index (χ1v) is 5.45. The highest BCUT2D eigenvalue weighted by atomic mass is 16.2. The van der Waals surface area contributed by atoms with Crippen LogP contribution in [0.15, 0.2) is 6.20 Å². The first-order valence-electron chi connectivity index (χ1n) is 5.45. The van der Waals surface area contributed by atoms with Crippen molar-refractivity contribution in [1.82, 2.24) is 10.2 Å². The van der Waals surface area contributed by atoms with E-state index >= 15 is 0 Å².